The Labute approximate surface area is 303 Å². The molecular weight excluding hydrogens is 662 g/mol. The number of hydrogen-bond acceptors (Lipinski definition) is 13. The zero-order valence-electron chi connectivity index (χ0n) is 31.9. The molecule has 3 amide bonds. The Kier molecular flexibility index (Phi) is 25.3. The number of hydrogen-bond donors (Lipinski definition) is 6. The van der Waals surface area contributed by atoms with E-state index in [4.69, 9.17) is 25.7 Å². The summed E-state index contributed by atoms with van der Waals surface area (Å²) >= 11 is 0. The number of nitrogens with one attached hydrogen (secondary N) is 4. The zero-order valence-corrected chi connectivity index (χ0v) is 31.9. The minimum Gasteiger partial charge on any atom is -0.459 e. The average Bonchev–Trinajstić information content (AvgIpc) is 3.52. The molecule has 1 unspecified atom stereocenters. The number of ketones is 1. The fraction of sp³-hybridized carbons (Fsp3) is 0.794. The van der Waals surface area contributed by atoms with Gasteiger partial charge in [-0.2, -0.15) is 0 Å². The Morgan fingerprint density at radius 1 is 0.843 bits per heavy atom. The standard InChI is InChI=1S/C32H59N9O8.C2H6/c1-24(42)49-23-25-22-41(40-39-25)17-9-7-11-28(44)35-14-8-6-10-26(30(33)46)38-31(2,3)27(43)12-13-29(45)36-15-18-47-20-21-48-19-16-37-32(4,5)34;1-2/h22,26,37-38H,6-21,23,34H2,1-5H3,(H2,33,46)(H,35,44)(H,36,45);1-2H3. The number of rotatable bonds is 29. The van der Waals surface area contributed by atoms with Crippen molar-refractivity contribution in [3.8, 4) is 0 Å². The van der Waals surface area contributed by atoms with Crippen LogP contribution in [0.2, 0.25) is 0 Å². The van der Waals surface area contributed by atoms with E-state index in [9.17, 15) is 24.0 Å². The highest BCUT2D eigenvalue weighted by Crippen LogP contribution is 2.13. The minimum atomic E-state index is -1.07. The molecule has 1 rings (SSSR count). The second-order valence-corrected chi connectivity index (χ2v) is 12.9. The summed E-state index contributed by atoms with van der Waals surface area (Å²) in [4.78, 5) is 60.3. The van der Waals surface area contributed by atoms with E-state index >= 15 is 0 Å². The fourth-order valence-corrected chi connectivity index (χ4v) is 4.50. The zero-order chi connectivity index (χ0) is 38.7. The van der Waals surface area contributed by atoms with Crippen LogP contribution in [0, 0.1) is 0 Å². The van der Waals surface area contributed by atoms with Crippen molar-refractivity contribution in [1.29, 1.82) is 0 Å². The van der Waals surface area contributed by atoms with Crippen molar-refractivity contribution in [3.05, 3.63) is 11.9 Å². The number of nitrogens with zero attached hydrogens (tertiary/aromatic N) is 3. The molecule has 0 bridgehead atoms. The molecule has 17 nitrogen and oxygen atoms in total. The molecule has 0 radical (unpaired) electrons. The normalized spacial score (nSPS) is 12.0. The van der Waals surface area contributed by atoms with E-state index in [0.717, 1.165) is 6.42 Å². The van der Waals surface area contributed by atoms with E-state index in [2.05, 4.69) is 31.6 Å². The van der Waals surface area contributed by atoms with Gasteiger partial charge in [-0.15, -0.1) is 5.10 Å². The van der Waals surface area contributed by atoms with Crippen molar-refractivity contribution in [2.45, 2.75) is 130 Å². The van der Waals surface area contributed by atoms with Gasteiger partial charge in [0, 0.05) is 52.4 Å². The number of ether oxygens (including phenoxy) is 3. The highest BCUT2D eigenvalue weighted by atomic mass is 16.5. The summed E-state index contributed by atoms with van der Waals surface area (Å²) in [7, 11) is 0. The summed E-state index contributed by atoms with van der Waals surface area (Å²) in [6, 6.07) is -0.736. The number of Topliss-reactive ketones (excluding diaryl/α,β-unsaturated/α-hetero) is 1. The third-order valence-corrected chi connectivity index (χ3v) is 7.21. The van der Waals surface area contributed by atoms with E-state index in [1.807, 2.05) is 27.7 Å². The second-order valence-electron chi connectivity index (χ2n) is 12.9. The van der Waals surface area contributed by atoms with Gasteiger partial charge in [-0.05, 0) is 59.8 Å². The summed E-state index contributed by atoms with van der Waals surface area (Å²) < 4.78 is 17.4. The average molecular weight is 728 g/mol. The minimum absolute atomic E-state index is 0.00163. The van der Waals surface area contributed by atoms with E-state index < -0.39 is 23.2 Å². The molecule has 0 aliphatic heterocycles. The molecule has 294 valence electrons. The summed E-state index contributed by atoms with van der Waals surface area (Å²) in [6.07, 6.45) is 5.12. The molecule has 0 aliphatic rings. The quantitative estimate of drug-likeness (QED) is 0.0381. The number of amides is 3. The number of aryl methyl sites for hydroxylation is 1. The lowest BCUT2D eigenvalue weighted by atomic mass is 9.93. The van der Waals surface area contributed by atoms with Gasteiger partial charge in [-0.25, -0.2) is 0 Å². The molecule has 0 spiro atoms. The summed E-state index contributed by atoms with van der Waals surface area (Å²) in [5.74, 6) is -1.51. The lowest BCUT2D eigenvalue weighted by molar-refractivity contribution is -0.142. The van der Waals surface area contributed by atoms with Gasteiger partial charge < -0.3 is 36.3 Å². The van der Waals surface area contributed by atoms with Crippen molar-refractivity contribution in [1.82, 2.24) is 36.3 Å². The van der Waals surface area contributed by atoms with Gasteiger partial charge >= 0.3 is 5.97 Å². The molecule has 0 saturated heterocycles. The van der Waals surface area contributed by atoms with E-state index in [1.54, 1.807) is 24.7 Å². The first-order valence-corrected chi connectivity index (χ1v) is 17.9. The Morgan fingerprint density at radius 3 is 2.10 bits per heavy atom. The van der Waals surface area contributed by atoms with Crippen molar-refractivity contribution in [3.63, 3.8) is 0 Å². The summed E-state index contributed by atoms with van der Waals surface area (Å²) in [6.45, 7) is 16.1. The van der Waals surface area contributed by atoms with Crippen LogP contribution in [0.15, 0.2) is 6.20 Å². The third kappa shape index (κ3) is 26.0. The topological polar surface area (TPSA) is 244 Å². The maximum absolute atomic E-state index is 12.9. The van der Waals surface area contributed by atoms with Gasteiger partial charge in [-0.3, -0.25) is 39.3 Å². The molecule has 1 heterocycles. The maximum atomic E-state index is 12.9. The van der Waals surface area contributed by atoms with Crippen LogP contribution < -0.4 is 32.7 Å². The van der Waals surface area contributed by atoms with Crippen LogP contribution in [0.3, 0.4) is 0 Å². The van der Waals surface area contributed by atoms with Crippen molar-refractivity contribution < 1.29 is 38.2 Å². The summed E-state index contributed by atoms with van der Waals surface area (Å²) in [5.41, 5.74) is 10.5. The Bertz CT molecular complexity index is 1160. The van der Waals surface area contributed by atoms with Crippen LogP contribution in [0.5, 0.6) is 0 Å². The molecule has 0 aliphatic carbocycles. The number of nitrogens with two attached hydrogens (primary N) is 2. The van der Waals surface area contributed by atoms with E-state index in [1.165, 1.54) is 6.92 Å². The predicted molar refractivity (Wildman–Crippen MR) is 193 cm³/mol. The molecule has 1 atom stereocenters. The van der Waals surface area contributed by atoms with Crippen LogP contribution in [-0.2, 0) is 51.3 Å². The van der Waals surface area contributed by atoms with Gasteiger partial charge in [0.05, 0.1) is 49.9 Å². The van der Waals surface area contributed by atoms with Gasteiger partial charge in [0.25, 0.3) is 0 Å². The van der Waals surface area contributed by atoms with Gasteiger partial charge in [-0.1, -0.05) is 19.1 Å². The third-order valence-electron chi connectivity index (χ3n) is 7.21. The highest BCUT2D eigenvalue weighted by Gasteiger charge is 2.31. The number of aromatic nitrogens is 3. The van der Waals surface area contributed by atoms with Crippen LogP contribution >= 0.6 is 0 Å². The second kappa shape index (κ2) is 27.2. The number of carbonyl (C=O) groups is 5. The smallest absolute Gasteiger partial charge is 0.303 e. The first-order chi connectivity index (χ1) is 24.1. The maximum Gasteiger partial charge on any atom is 0.303 e. The van der Waals surface area contributed by atoms with Crippen molar-refractivity contribution in [2.75, 3.05) is 46.1 Å². The highest BCUT2D eigenvalue weighted by molar-refractivity contribution is 5.91. The van der Waals surface area contributed by atoms with Gasteiger partial charge in [0.2, 0.25) is 17.7 Å². The van der Waals surface area contributed by atoms with Gasteiger partial charge in [0.15, 0.2) is 5.78 Å². The van der Waals surface area contributed by atoms with Gasteiger partial charge in [0.1, 0.15) is 12.3 Å². The van der Waals surface area contributed by atoms with Crippen LogP contribution in [-0.4, -0.2) is 108 Å². The predicted octanol–water partition coefficient (Wildman–Crippen LogP) is 0.829. The van der Waals surface area contributed by atoms with E-state index in [0.29, 0.717) is 90.4 Å². The molecule has 0 aromatic carbocycles. The van der Waals surface area contributed by atoms with Crippen LogP contribution in [0.25, 0.3) is 0 Å². The van der Waals surface area contributed by atoms with E-state index in [-0.39, 0.29) is 43.0 Å². The van der Waals surface area contributed by atoms with Crippen molar-refractivity contribution in [2.24, 2.45) is 11.5 Å². The number of unbranched alkanes of at least 4 members (excludes halogenated alkanes) is 2. The lowest BCUT2D eigenvalue weighted by Gasteiger charge is -2.29. The number of primary amides is 1. The SMILES string of the molecule is CC.CC(=O)OCc1cn(CCCCC(=O)NCCCCC(NC(C)(C)C(=O)CCC(=O)NCCOCCOCCNC(C)(C)N)C(N)=O)nn1. The molecule has 0 fully saturated rings. The molecule has 0 saturated carbocycles. The summed E-state index contributed by atoms with van der Waals surface area (Å²) in [5, 5.41) is 19.7. The number of esters is 1. The molecule has 51 heavy (non-hydrogen) atoms. The largest absolute Gasteiger partial charge is 0.459 e. The number of carbonyl (C=O) groups excluding carboxylic acids is 5. The Hall–Kier alpha value is -3.51. The Balaban J connectivity index is 0.0000123. The van der Waals surface area contributed by atoms with Crippen molar-refractivity contribution >= 4 is 29.5 Å². The monoisotopic (exact) mass is 727 g/mol. The van der Waals surface area contributed by atoms with Crippen LogP contribution in [0.4, 0.5) is 0 Å². The first kappa shape index (κ1) is 47.5. The lowest BCUT2D eigenvalue weighted by Crippen LogP contribution is -2.55. The molecular formula is C34H65N9O8. The molecule has 1 aromatic heterocycles. The first-order valence-electron chi connectivity index (χ1n) is 17.9. The fourth-order valence-electron chi connectivity index (χ4n) is 4.50. The molecule has 17 heteroatoms. The Morgan fingerprint density at radius 2 is 1.47 bits per heavy atom. The molecule has 8 N–H and O–H groups in total. The van der Waals surface area contributed by atoms with Crippen LogP contribution in [0.1, 0.15) is 106 Å². The molecule has 1 aromatic rings.